The highest BCUT2D eigenvalue weighted by molar-refractivity contribution is 5.87. The number of amides is 1. The van der Waals surface area contributed by atoms with Gasteiger partial charge in [-0.1, -0.05) is 26.7 Å². The van der Waals surface area contributed by atoms with Gasteiger partial charge >= 0.3 is 5.97 Å². The van der Waals surface area contributed by atoms with Gasteiger partial charge in [0.2, 0.25) is 5.91 Å². The van der Waals surface area contributed by atoms with Gasteiger partial charge in [0.25, 0.3) is 0 Å². The molecule has 0 aromatic carbocycles. The Balaban J connectivity index is 3.23. The Kier molecular flexibility index (Phi) is 3.31. The minimum absolute atomic E-state index is 0.183. The minimum atomic E-state index is -1.04. The monoisotopic (exact) mass is 227 g/mol. The Labute approximate surface area is 96.6 Å². The van der Waals surface area contributed by atoms with Crippen molar-refractivity contribution in [3.05, 3.63) is 0 Å². The molecule has 1 N–H and O–H groups in total. The van der Waals surface area contributed by atoms with Gasteiger partial charge in [0.15, 0.2) is 0 Å². The summed E-state index contributed by atoms with van der Waals surface area (Å²) in [4.78, 5) is 24.6. The third-order valence-electron chi connectivity index (χ3n) is 4.11. The molecule has 1 rings (SSSR count). The van der Waals surface area contributed by atoms with E-state index in [-0.39, 0.29) is 11.3 Å². The molecular formula is C12H21NO3. The molecule has 0 aliphatic heterocycles. The van der Waals surface area contributed by atoms with Crippen molar-refractivity contribution in [3.63, 3.8) is 0 Å². The molecule has 1 aliphatic rings. The van der Waals surface area contributed by atoms with Gasteiger partial charge in [-0.15, -0.1) is 0 Å². The standard InChI is InChI=1S/C12H21NO3/c1-9(14)13(4)12(10(15)16)8-6-5-7-11(12,2)3/h5-8H2,1-4H3,(H,15,16). The van der Waals surface area contributed by atoms with Gasteiger partial charge in [-0.25, -0.2) is 4.79 Å². The Bertz CT molecular complexity index is 311. The van der Waals surface area contributed by atoms with Gasteiger partial charge in [0.05, 0.1) is 0 Å². The van der Waals surface area contributed by atoms with Crippen molar-refractivity contribution >= 4 is 11.9 Å². The Morgan fingerprint density at radius 2 is 1.69 bits per heavy atom. The van der Waals surface area contributed by atoms with Crippen LogP contribution in [0.25, 0.3) is 0 Å². The molecule has 0 spiro atoms. The average Bonchev–Trinajstić information content (AvgIpc) is 2.15. The normalized spacial score (nSPS) is 28.5. The Morgan fingerprint density at radius 1 is 1.19 bits per heavy atom. The van der Waals surface area contributed by atoms with E-state index in [2.05, 4.69) is 0 Å². The summed E-state index contributed by atoms with van der Waals surface area (Å²) in [6.07, 6.45) is 3.30. The summed E-state index contributed by atoms with van der Waals surface area (Å²) in [6.45, 7) is 5.31. The number of carbonyl (C=O) groups excluding carboxylic acids is 1. The van der Waals surface area contributed by atoms with E-state index in [9.17, 15) is 14.7 Å². The highest BCUT2D eigenvalue weighted by atomic mass is 16.4. The molecule has 16 heavy (non-hydrogen) atoms. The molecule has 92 valence electrons. The third-order valence-corrected chi connectivity index (χ3v) is 4.11. The summed E-state index contributed by atoms with van der Waals surface area (Å²) >= 11 is 0. The molecule has 0 radical (unpaired) electrons. The molecular weight excluding hydrogens is 206 g/mol. The minimum Gasteiger partial charge on any atom is -0.479 e. The number of carboxylic acids is 1. The highest BCUT2D eigenvalue weighted by Gasteiger charge is 2.56. The molecule has 4 heteroatoms. The van der Waals surface area contributed by atoms with Crippen molar-refractivity contribution in [2.45, 2.75) is 52.0 Å². The first-order valence-corrected chi connectivity index (χ1v) is 5.73. The molecule has 0 heterocycles. The molecule has 0 saturated heterocycles. The van der Waals surface area contributed by atoms with Gasteiger partial charge < -0.3 is 10.0 Å². The number of nitrogens with zero attached hydrogens (tertiary/aromatic N) is 1. The number of hydrogen-bond acceptors (Lipinski definition) is 2. The molecule has 1 fully saturated rings. The van der Waals surface area contributed by atoms with E-state index in [1.54, 1.807) is 7.05 Å². The Morgan fingerprint density at radius 3 is 2.06 bits per heavy atom. The van der Waals surface area contributed by atoms with Crippen LogP contribution < -0.4 is 0 Å². The second-order valence-electron chi connectivity index (χ2n) is 5.33. The molecule has 1 unspecified atom stereocenters. The maximum atomic E-state index is 11.6. The van der Waals surface area contributed by atoms with Crippen LogP contribution in [0.3, 0.4) is 0 Å². The lowest BCUT2D eigenvalue weighted by Crippen LogP contribution is -2.64. The summed E-state index contributed by atoms with van der Waals surface area (Å²) in [7, 11) is 1.60. The second kappa shape index (κ2) is 4.07. The fourth-order valence-electron chi connectivity index (χ4n) is 2.92. The lowest BCUT2D eigenvalue weighted by atomic mass is 9.62. The zero-order valence-electron chi connectivity index (χ0n) is 10.5. The molecule has 1 amide bonds. The fraction of sp³-hybridized carbons (Fsp3) is 0.833. The summed E-state index contributed by atoms with van der Waals surface area (Å²) < 4.78 is 0. The van der Waals surface area contributed by atoms with Gasteiger partial charge in [0, 0.05) is 14.0 Å². The van der Waals surface area contributed by atoms with Crippen molar-refractivity contribution in [1.82, 2.24) is 4.90 Å². The van der Waals surface area contributed by atoms with Crippen molar-refractivity contribution < 1.29 is 14.7 Å². The third kappa shape index (κ3) is 1.70. The van der Waals surface area contributed by atoms with E-state index in [4.69, 9.17) is 0 Å². The number of aliphatic carboxylic acids is 1. The largest absolute Gasteiger partial charge is 0.479 e. The van der Waals surface area contributed by atoms with Crippen molar-refractivity contribution in [2.24, 2.45) is 5.41 Å². The molecule has 1 aliphatic carbocycles. The number of rotatable bonds is 2. The lowest BCUT2D eigenvalue weighted by molar-refractivity contribution is -0.170. The van der Waals surface area contributed by atoms with E-state index in [0.717, 1.165) is 19.3 Å². The molecule has 0 aromatic rings. The number of carboxylic acid groups (broad SMARTS) is 1. The van der Waals surface area contributed by atoms with Gasteiger partial charge in [0.1, 0.15) is 5.54 Å². The van der Waals surface area contributed by atoms with Gasteiger partial charge in [-0.05, 0) is 18.3 Å². The SMILES string of the molecule is CC(=O)N(C)C1(C(=O)O)CCCCC1(C)C. The van der Waals surface area contributed by atoms with Crippen LogP contribution >= 0.6 is 0 Å². The van der Waals surface area contributed by atoms with Crippen LogP contribution in [0.1, 0.15) is 46.5 Å². The van der Waals surface area contributed by atoms with Crippen LogP contribution in [-0.4, -0.2) is 34.5 Å². The zero-order chi connectivity index (χ0) is 12.6. The van der Waals surface area contributed by atoms with E-state index < -0.39 is 11.5 Å². The summed E-state index contributed by atoms with van der Waals surface area (Å²) in [5.41, 5.74) is -1.42. The summed E-state index contributed by atoms with van der Waals surface area (Å²) in [5, 5.41) is 9.55. The predicted octanol–water partition coefficient (Wildman–Crippen LogP) is 1.89. The maximum Gasteiger partial charge on any atom is 0.330 e. The summed E-state index contributed by atoms with van der Waals surface area (Å²) in [5.74, 6) is -1.06. The lowest BCUT2D eigenvalue weighted by Gasteiger charge is -2.51. The molecule has 1 atom stereocenters. The number of hydrogen-bond donors (Lipinski definition) is 1. The van der Waals surface area contributed by atoms with Gasteiger partial charge in [-0.2, -0.15) is 0 Å². The molecule has 1 saturated carbocycles. The summed E-state index contributed by atoms with van der Waals surface area (Å²) in [6, 6.07) is 0. The smallest absolute Gasteiger partial charge is 0.330 e. The van der Waals surface area contributed by atoms with Crippen LogP contribution in [-0.2, 0) is 9.59 Å². The van der Waals surface area contributed by atoms with Crippen LogP contribution in [0.4, 0.5) is 0 Å². The number of carbonyl (C=O) groups is 2. The van der Waals surface area contributed by atoms with Crippen LogP contribution in [0.2, 0.25) is 0 Å². The van der Waals surface area contributed by atoms with Crippen molar-refractivity contribution in [3.8, 4) is 0 Å². The van der Waals surface area contributed by atoms with Crippen LogP contribution in [0, 0.1) is 5.41 Å². The average molecular weight is 227 g/mol. The van der Waals surface area contributed by atoms with Gasteiger partial charge in [-0.3, -0.25) is 4.79 Å². The first kappa shape index (κ1) is 13.0. The zero-order valence-corrected chi connectivity index (χ0v) is 10.5. The van der Waals surface area contributed by atoms with Crippen molar-refractivity contribution in [1.29, 1.82) is 0 Å². The molecule has 0 bridgehead atoms. The first-order valence-electron chi connectivity index (χ1n) is 5.73. The fourth-order valence-corrected chi connectivity index (χ4v) is 2.92. The number of likely N-dealkylation sites (N-methyl/N-ethyl adjacent to an activating group) is 1. The first-order chi connectivity index (χ1) is 7.25. The quantitative estimate of drug-likeness (QED) is 0.783. The topological polar surface area (TPSA) is 57.6 Å². The second-order valence-corrected chi connectivity index (χ2v) is 5.33. The maximum absolute atomic E-state index is 11.6. The van der Waals surface area contributed by atoms with Crippen LogP contribution in [0.15, 0.2) is 0 Å². The highest BCUT2D eigenvalue weighted by Crippen LogP contribution is 2.47. The van der Waals surface area contributed by atoms with E-state index in [1.165, 1.54) is 11.8 Å². The predicted molar refractivity (Wildman–Crippen MR) is 61.1 cm³/mol. The van der Waals surface area contributed by atoms with E-state index in [0.29, 0.717) is 6.42 Å². The van der Waals surface area contributed by atoms with Crippen LogP contribution in [0.5, 0.6) is 0 Å². The molecule has 4 nitrogen and oxygen atoms in total. The Hall–Kier alpha value is -1.06. The van der Waals surface area contributed by atoms with Crippen molar-refractivity contribution in [2.75, 3.05) is 7.05 Å². The van der Waals surface area contributed by atoms with E-state index in [1.807, 2.05) is 13.8 Å². The van der Waals surface area contributed by atoms with E-state index >= 15 is 0 Å². The molecule has 0 aromatic heterocycles.